The summed E-state index contributed by atoms with van der Waals surface area (Å²) >= 11 is 25.5. The largest absolute Gasteiger partial charge is 0.450 e. The number of nitrogens with zero attached hydrogens (tertiary/aromatic N) is 6. The number of alkyl carbamates (subject to hydrolysis) is 1. The molecule has 19 heteroatoms. The summed E-state index contributed by atoms with van der Waals surface area (Å²) in [6.45, 7) is 8.83. The number of ether oxygens (including phenoxy) is 1. The van der Waals surface area contributed by atoms with Gasteiger partial charge >= 0.3 is 6.09 Å². The molecule has 15 nitrogen and oxygen atoms in total. The number of hydrogen-bond acceptors (Lipinski definition) is 11. The molecular weight excluding hydrogens is 930 g/mol. The van der Waals surface area contributed by atoms with Crippen LogP contribution in [-0.4, -0.2) is 57.0 Å². The number of nitrogen functional groups attached to an aromatic ring is 1. The number of amides is 3. The van der Waals surface area contributed by atoms with Gasteiger partial charge in [0.05, 0.1) is 35.8 Å². The Hall–Kier alpha value is -7.01. The molecule has 2 aromatic heterocycles. The number of rotatable bonds is 7. The Labute approximate surface area is 398 Å². The Bertz CT molecular complexity index is 3040. The highest BCUT2D eigenvalue weighted by Crippen LogP contribution is 2.35. The van der Waals surface area contributed by atoms with Crippen LogP contribution in [-0.2, 0) is 32.0 Å². The number of halogens is 4. The smallest absolute Gasteiger partial charge is 0.413 e. The van der Waals surface area contributed by atoms with Gasteiger partial charge in [0, 0.05) is 75.6 Å². The van der Waals surface area contributed by atoms with E-state index in [1.54, 1.807) is 47.3 Å². The van der Waals surface area contributed by atoms with Crippen molar-refractivity contribution in [1.29, 1.82) is 10.5 Å². The Morgan fingerprint density at radius 1 is 0.773 bits per heavy atom. The molecule has 338 valence electrons. The molecule has 1 aliphatic heterocycles. The molecule has 0 spiro atoms. The van der Waals surface area contributed by atoms with E-state index in [1.165, 1.54) is 19.1 Å². The number of nitrogens with two attached hydrogens (primary N) is 1. The lowest BCUT2D eigenvalue weighted by atomic mass is 10.0. The molecule has 0 bridgehead atoms. The third kappa shape index (κ3) is 11.8. The molecular formula is C47H40Cl4N8O7. The van der Waals surface area contributed by atoms with Gasteiger partial charge in [0.25, 0.3) is 5.91 Å². The molecule has 66 heavy (non-hydrogen) atoms. The second-order valence-electron chi connectivity index (χ2n) is 14.8. The number of Topliss-reactive ketones (excluding diaryl/α,β-unsaturated/α-hetero) is 1. The number of anilines is 2. The molecule has 7 rings (SSSR count). The summed E-state index contributed by atoms with van der Waals surface area (Å²) in [6.07, 6.45) is 3.12. The second kappa shape index (κ2) is 21.8. The van der Waals surface area contributed by atoms with Crippen LogP contribution in [0.3, 0.4) is 0 Å². The zero-order valence-corrected chi connectivity index (χ0v) is 39.1. The van der Waals surface area contributed by atoms with Crippen molar-refractivity contribution in [1.82, 2.24) is 14.5 Å². The summed E-state index contributed by atoms with van der Waals surface area (Å²) in [5.74, 6) is -1.89. The number of hydrogen-bond donors (Lipinski definition) is 2. The summed E-state index contributed by atoms with van der Waals surface area (Å²) in [5, 5.41) is 27.5. The van der Waals surface area contributed by atoms with Gasteiger partial charge in [0.15, 0.2) is 0 Å². The van der Waals surface area contributed by atoms with E-state index >= 15 is 0 Å². The fraction of sp³-hybridized carbons (Fsp3) is 0.213. The monoisotopic (exact) mass is 968 g/mol. The van der Waals surface area contributed by atoms with E-state index in [2.05, 4.69) is 15.9 Å². The van der Waals surface area contributed by atoms with E-state index in [0.717, 1.165) is 54.6 Å². The molecule has 0 saturated heterocycles. The first-order valence-electron chi connectivity index (χ1n) is 19.9. The van der Waals surface area contributed by atoms with Crippen LogP contribution in [0.4, 0.5) is 16.2 Å². The Morgan fingerprint density at radius 3 is 1.67 bits per heavy atom. The number of carbonyl (C=O) groups is 6. The minimum Gasteiger partial charge on any atom is -0.450 e. The van der Waals surface area contributed by atoms with Crippen LogP contribution in [0.15, 0.2) is 78.2 Å². The molecule has 0 unspecified atom stereocenters. The topological polar surface area (TPSA) is 223 Å². The van der Waals surface area contributed by atoms with Crippen molar-refractivity contribution in [3.63, 3.8) is 0 Å². The standard InChI is InChI=1S/C23H16Cl2N4O3.C18H16Cl2N2O.C6H8N2O3/c1-12-11-28(13(2)30)21-4-3-14(5-16(12)21)6-17-18(24)7-15(8-19(17)25)29-23(32)9-22(31)20(10-26)27-29;1-10-9-22(11(2)23)18-4-3-12(5-14(10)18)6-15-16(19)7-13(21)8-17(15)20;1-2-11-6(10)8-5(9)3-4-7/h3-5,7-8,11H,6,9H2,1-2H3;3-5,7-9H,6,21H2,1-2H3;2-3H2,1H3,(H,8,9,10). The molecule has 1 aliphatic rings. The molecule has 0 atom stereocenters. The van der Waals surface area contributed by atoms with E-state index in [-0.39, 0.29) is 36.2 Å². The maximum Gasteiger partial charge on any atom is 0.413 e. The number of nitrogens with one attached hydrogen (secondary N) is 1. The zero-order chi connectivity index (χ0) is 48.6. The molecule has 3 amide bonds. The first kappa shape index (κ1) is 50.0. The second-order valence-corrected chi connectivity index (χ2v) is 16.4. The number of aromatic nitrogens is 2. The number of imide groups is 1. The van der Waals surface area contributed by atoms with Gasteiger partial charge in [-0.15, -0.1) is 0 Å². The van der Waals surface area contributed by atoms with E-state index < -0.39 is 30.1 Å². The quantitative estimate of drug-likeness (QED) is 0.114. The van der Waals surface area contributed by atoms with Gasteiger partial charge < -0.3 is 10.5 Å². The van der Waals surface area contributed by atoms with Crippen LogP contribution in [0.25, 0.3) is 21.8 Å². The molecule has 0 radical (unpaired) electrons. The van der Waals surface area contributed by atoms with Crippen LogP contribution < -0.4 is 16.1 Å². The highest BCUT2D eigenvalue weighted by Gasteiger charge is 2.29. The maximum absolute atomic E-state index is 12.2. The predicted molar refractivity (Wildman–Crippen MR) is 254 cm³/mol. The summed E-state index contributed by atoms with van der Waals surface area (Å²) in [4.78, 5) is 68.4. The summed E-state index contributed by atoms with van der Waals surface area (Å²) in [5.41, 5.74) is 13.5. The highest BCUT2D eigenvalue weighted by molar-refractivity contribution is 6.50. The number of ketones is 1. The van der Waals surface area contributed by atoms with Crippen LogP contribution in [0.5, 0.6) is 0 Å². The Kier molecular flexibility index (Phi) is 16.5. The van der Waals surface area contributed by atoms with Gasteiger partial charge in [0.2, 0.25) is 29.2 Å². The van der Waals surface area contributed by atoms with Gasteiger partial charge in [-0.25, -0.2) is 4.79 Å². The lowest BCUT2D eigenvalue weighted by Crippen LogP contribution is -2.36. The van der Waals surface area contributed by atoms with Crippen LogP contribution in [0, 0.1) is 36.5 Å². The van der Waals surface area contributed by atoms with Crippen LogP contribution >= 0.6 is 46.4 Å². The molecule has 0 saturated carbocycles. The van der Waals surface area contributed by atoms with Gasteiger partial charge in [-0.2, -0.15) is 20.6 Å². The summed E-state index contributed by atoms with van der Waals surface area (Å²) in [7, 11) is 0. The van der Waals surface area contributed by atoms with E-state index in [1.807, 2.05) is 61.9 Å². The average Bonchev–Trinajstić information content (AvgIpc) is 3.76. The Balaban J connectivity index is 0.000000209. The van der Waals surface area contributed by atoms with Gasteiger partial charge in [-0.05, 0) is 103 Å². The van der Waals surface area contributed by atoms with Crippen molar-refractivity contribution in [2.75, 3.05) is 17.3 Å². The van der Waals surface area contributed by atoms with E-state index in [9.17, 15) is 28.8 Å². The molecule has 0 fully saturated rings. The zero-order valence-electron chi connectivity index (χ0n) is 36.1. The first-order valence-corrected chi connectivity index (χ1v) is 21.4. The number of hydrazone groups is 1. The van der Waals surface area contributed by atoms with Crippen molar-refractivity contribution in [2.24, 2.45) is 5.10 Å². The summed E-state index contributed by atoms with van der Waals surface area (Å²) < 4.78 is 7.65. The summed E-state index contributed by atoms with van der Waals surface area (Å²) in [6, 6.07) is 21.6. The van der Waals surface area contributed by atoms with Gasteiger partial charge in [-0.1, -0.05) is 58.5 Å². The van der Waals surface area contributed by atoms with Crippen molar-refractivity contribution < 1.29 is 33.5 Å². The minimum absolute atomic E-state index is 0.000438. The average molecular weight is 971 g/mol. The number of benzene rings is 4. The fourth-order valence-electron chi connectivity index (χ4n) is 6.90. The maximum atomic E-state index is 12.2. The first-order chi connectivity index (χ1) is 31.3. The molecule has 3 N–H and O–H groups in total. The number of fused-ring (bicyclic) bond motifs is 2. The molecule has 0 aliphatic carbocycles. The fourth-order valence-corrected chi connectivity index (χ4v) is 8.14. The number of carbonyl (C=O) groups excluding carboxylic acids is 6. The lowest BCUT2D eigenvalue weighted by molar-refractivity contribution is -0.124. The van der Waals surface area contributed by atoms with Gasteiger partial charge in [0.1, 0.15) is 12.5 Å². The van der Waals surface area contributed by atoms with E-state index in [0.29, 0.717) is 44.2 Å². The molecule has 3 heterocycles. The van der Waals surface area contributed by atoms with Gasteiger partial charge in [-0.3, -0.25) is 38.4 Å². The molecule has 6 aromatic rings. The Morgan fingerprint density at radius 2 is 1.24 bits per heavy atom. The third-order valence-corrected chi connectivity index (χ3v) is 11.3. The highest BCUT2D eigenvalue weighted by atomic mass is 35.5. The van der Waals surface area contributed by atoms with Crippen LogP contribution in [0.2, 0.25) is 20.1 Å². The van der Waals surface area contributed by atoms with Crippen LogP contribution in [0.1, 0.15) is 76.6 Å². The molecule has 4 aromatic carbocycles. The van der Waals surface area contributed by atoms with Crippen molar-refractivity contribution in [3.8, 4) is 12.1 Å². The lowest BCUT2D eigenvalue weighted by Gasteiger charge is -2.22. The minimum atomic E-state index is -0.812. The predicted octanol–water partition coefficient (Wildman–Crippen LogP) is 9.96. The van der Waals surface area contributed by atoms with Crippen molar-refractivity contribution in [2.45, 2.75) is 60.3 Å². The normalized spacial score (nSPS) is 12.0. The van der Waals surface area contributed by atoms with Crippen molar-refractivity contribution in [3.05, 3.63) is 127 Å². The third-order valence-electron chi connectivity index (χ3n) is 9.98. The number of nitriles is 2. The van der Waals surface area contributed by atoms with Crippen molar-refractivity contribution >= 4 is 121 Å². The SMILES string of the molecule is CC(=O)n1cc(C)c2cc(Cc3c(Cl)cc(N)cc3Cl)ccc21.CC(=O)n1cc(C)c2cc(Cc3c(Cl)cc(N4N=C(C#N)C(=O)CC4=O)cc3Cl)ccc21.CCOC(=O)NC(=O)CC#N. The number of aryl methyl sites for hydroxylation is 2. The van der Waals surface area contributed by atoms with E-state index in [4.69, 9.17) is 62.7 Å².